The monoisotopic (exact) mass is 610 g/mol. The predicted octanol–water partition coefficient (Wildman–Crippen LogP) is 8.18. The first-order chi connectivity index (χ1) is 15.2. The van der Waals surface area contributed by atoms with Gasteiger partial charge in [-0.3, -0.25) is 0 Å². The van der Waals surface area contributed by atoms with Gasteiger partial charge in [0.2, 0.25) is 8.32 Å². The number of halogens is 1. The van der Waals surface area contributed by atoms with Gasteiger partial charge in [0.15, 0.2) is 14.6 Å². The van der Waals surface area contributed by atoms with E-state index < -0.39 is 16.6 Å². The van der Waals surface area contributed by atoms with Gasteiger partial charge in [-0.1, -0.05) is 102 Å². The molecule has 0 aromatic carbocycles. The molecule has 33 heavy (non-hydrogen) atoms. The van der Waals surface area contributed by atoms with Crippen molar-refractivity contribution in [2.75, 3.05) is 11.0 Å². The lowest BCUT2D eigenvalue weighted by molar-refractivity contribution is -0.142. The Balaban J connectivity index is 3.00. The lowest BCUT2D eigenvalue weighted by atomic mass is 10.2. The molecule has 0 aliphatic heterocycles. The van der Waals surface area contributed by atoms with Crippen LogP contribution in [0.3, 0.4) is 0 Å². The van der Waals surface area contributed by atoms with Crippen LogP contribution in [0.1, 0.15) is 75.2 Å². The van der Waals surface area contributed by atoms with Gasteiger partial charge < -0.3 is 18.3 Å². The Hall–Kier alpha value is 0.484. The number of alkyl halides is 1. The van der Waals surface area contributed by atoms with Crippen molar-refractivity contribution in [2.24, 2.45) is 0 Å². The maximum Gasteiger partial charge on any atom is 0.222 e. The summed E-state index contributed by atoms with van der Waals surface area (Å²) in [6.45, 7) is 25.8. The minimum atomic E-state index is -2.19. The summed E-state index contributed by atoms with van der Waals surface area (Å²) in [6, 6.07) is 0. The molecule has 0 aromatic rings. The quantitative estimate of drug-likeness (QED) is 0.0654. The van der Waals surface area contributed by atoms with Crippen LogP contribution in [0.4, 0.5) is 0 Å². The zero-order valence-electron chi connectivity index (χ0n) is 23.1. The molecule has 0 amide bonds. The molecular formula is C26H51IO4Si2. The molecule has 0 heterocycles. The van der Waals surface area contributed by atoms with Crippen LogP contribution < -0.4 is 0 Å². The van der Waals surface area contributed by atoms with E-state index in [9.17, 15) is 0 Å². The van der Waals surface area contributed by atoms with Gasteiger partial charge in [0.1, 0.15) is 0 Å². The van der Waals surface area contributed by atoms with Crippen molar-refractivity contribution < 1.29 is 18.3 Å². The van der Waals surface area contributed by atoms with E-state index in [0.29, 0.717) is 17.7 Å². The summed E-state index contributed by atoms with van der Waals surface area (Å²) in [4.78, 5) is 0. The van der Waals surface area contributed by atoms with Gasteiger partial charge in [-0.15, -0.1) is 0 Å². The van der Waals surface area contributed by atoms with E-state index in [1.54, 1.807) is 0 Å². The highest BCUT2D eigenvalue weighted by molar-refractivity contribution is 14.1. The number of rotatable bonds is 14. The lowest BCUT2D eigenvalue weighted by Crippen LogP contribution is -2.47. The second-order valence-corrected chi connectivity index (χ2v) is 21.6. The van der Waals surface area contributed by atoms with Crippen LogP contribution in [-0.4, -0.2) is 52.3 Å². The van der Waals surface area contributed by atoms with Crippen LogP contribution in [0.2, 0.25) is 29.2 Å². The van der Waals surface area contributed by atoms with Crippen LogP contribution >= 0.6 is 22.6 Å². The molecule has 0 bridgehead atoms. The number of ether oxygens (including phenoxy) is 2. The molecule has 0 spiro atoms. The van der Waals surface area contributed by atoms with E-state index in [1.165, 1.54) is 0 Å². The van der Waals surface area contributed by atoms with E-state index in [2.05, 4.69) is 115 Å². The van der Waals surface area contributed by atoms with Gasteiger partial charge in [0.05, 0.1) is 22.7 Å². The maximum atomic E-state index is 7.02. The molecule has 0 aromatic heterocycles. The molecule has 0 fully saturated rings. The van der Waals surface area contributed by atoms with E-state index in [4.69, 9.17) is 18.3 Å². The normalized spacial score (nSPS) is 22.1. The topological polar surface area (TPSA) is 36.9 Å². The van der Waals surface area contributed by atoms with Gasteiger partial charge >= 0.3 is 0 Å². The van der Waals surface area contributed by atoms with Crippen molar-refractivity contribution in [3.8, 4) is 0 Å². The minimum absolute atomic E-state index is 0.0571. The Morgan fingerprint density at radius 2 is 1.61 bits per heavy atom. The summed E-state index contributed by atoms with van der Waals surface area (Å²) >= 11 is 2.32. The highest BCUT2D eigenvalue weighted by atomic mass is 127. The molecule has 2 unspecified atom stereocenters. The van der Waals surface area contributed by atoms with Gasteiger partial charge in [-0.25, -0.2) is 0 Å². The van der Waals surface area contributed by atoms with Crippen LogP contribution in [0.25, 0.3) is 0 Å². The first-order valence-electron chi connectivity index (χ1n) is 12.8. The summed E-state index contributed by atoms with van der Waals surface area (Å²) in [5, 5.41) is 0.205. The van der Waals surface area contributed by atoms with Gasteiger partial charge in [-0.2, -0.15) is 0 Å². The van der Waals surface area contributed by atoms with Crippen LogP contribution in [0, 0.1) is 0 Å². The molecule has 0 N–H and O–H groups in total. The summed E-state index contributed by atoms with van der Waals surface area (Å²) < 4.78 is 26.4. The third kappa shape index (κ3) is 9.14. The Labute approximate surface area is 220 Å². The Morgan fingerprint density at radius 1 is 1.03 bits per heavy atom. The third-order valence-corrected chi connectivity index (χ3v) is 17.5. The summed E-state index contributed by atoms with van der Waals surface area (Å²) in [5.74, 6) is 0. The Morgan fingerprint density at radius 3 is 2.06 bits per heavy atom. The zero-order chi connectivity index (χ0) is 25.4. The molecule has 194 valence electrons. The second kappa shape index (κ2) is 13.7. The van der Waals surface area contributed by atoms with Gasteiger partial charge in [0.25, 0.3) is 0 Å². The molecular weight excluding hydrogens is 559 g/mol. The van der Waals surface area contributed by atoms with E-state index in [-0.39, 0.29) is 29.6 Å². The lowest BCUT2D eigenvalue weighted by Gasteiger charge is -2.40. The number of hydrogen-bond donors (Lipinski definition) is 0. The average molecular weight is 611 g/mol. The molecule has 0 saturated carbocycles. The van der Waals surface area contributed by atoms with E-state index in [0.717, 1.165) is 17.3 Å². The van der Waals surface area contributed by atoms with E-state index >= 15 is 0 Å². The largest absolute Gasteiger partial charge is 0.411 e. The van der Waals surface area contributed by atoms with Crippen LogP contribution in [0.15, 0.2) is 23.9 Å². The predicted molar refractivity (Wildman–Crippen MR) is 155 cm³/mol. The molecule has 0 radical (unpaired) electrons. The van der Waals surface area contributed by atoms with E-state index in [1.807, 2.05) is 6.92 Å². The molecule has 4 atom stereocenters. The summed E-state index contributed by atoms with van der Waals surface area (Å²) in [5.41, 5.74) is 3.38. The molecule has 1 rings (SSSR count). The van der Waals surface area contributed by atoms with Gasteiger partial charge in [-0.05, 0) is 42.6 Å². The highest BCUT2D eigenvalue weighted by Crippen LogP contribution is 2.40. The standard InChI is InChI=1S/C26H51IO4Si2/c1-12-22(30-32(10,11)26(7,8)9)16-17-33(20(3)4,21(5)6)31-24-15-14-23(18-24)29-25(19-27)28-13-2/h14-17,20-25H,12-13,18-19H2,1-11H3/b17-16+/t22?,23-,24+,25?/m1/s1. The van der Waals surface area contributed by atoms with Crippen molar-refractivity contribution in [3.63, 3.8) is 0 Å². The van der Waals surface area contributed by atoms with Crippen molar-refractivity contribution in [2.45, 2.75) is 129 Å². The smallest absolute Gasteiger partial charge is 0.222 e. The molecule has 1 aliphatic rings. The van der Waals surface area contributed by atoms with Crippen molar-refractivity contribution in [3.05, 3.63) is 23.9 Å². The fourth-order valence-corrected chi connectivity index (χ4v) is 9.78. The maximum absolute atomic E-state index is 7.02. The van der Waals surface area contributed by atoms with Crippen molar-refractivity contribution in [1.29, 1.82) is 0 Å². The Bertz CT molecular complexity index is 620. The molecule has 0 saturated heterocycles. The fraction of sp³-hybridized carbons (Fsp3) is 0.846. The molecule has 1 aliphatic carbocycles. The first-order valence-corrected chi connectivity index (χ1v) is 19.4. The van der Waals surface area contributed by atoms with Crippen LogP contribution in [-0.2, 0) is 18.3 Å². The van der Waals surface area contributed by atoms with Crippen molar-refractivity contribution >= 4 is 39.2 Å². The molecule has 4 nitrogen and oxygen atoms in total. The van der Waals surface area contributed by atoms with Crippen LogP contribution in [0.5, 0.6) is 0 Å². The minimum Gasteiger partial charge on any atom is -0.411 e. The Kier molecular flexibility index (Phi) is 13.1. The fourth-order valence-electron chi connectivity index (χ4n) is 4.02. The molecule has 7 heteroatoms. The third-order valence-electron chi connectivity index (χ3n) is 7.20. The second-order valence-electron chi connectivity index (χ2n) is 11.3. The number of hydrogen-bond acceptors (Lipinski definition) is 4. The summed E-state index contributed by atoms with van der Waals surface area (Å²) in [7, 11) is -4.02. The average Bonchev–Trinajstić information content (AvgIpc) is 3.14. The van der Waals surface area contributed by atoms with Gasteiger partial charge in [0, 0.05) is 13.0 Å². The SMILES string of the molecule is CCOC(CI)O[C@@H]1C=C[C@H](O[Si](/C=C/C(CC)O[Si](C)(C)C(C)(C)C)(C(C)C)C(C)C)C1. The first kappa shape index (κ1) is 31.5. The van der Waals surface area contributed by atoms with Crippen molar-refractivity contribution in [1.82, 2.24) is 0 Å². The zero-order valence-corrected chi connectivity index (χ0v) is 27.3. The highest BCUT2D eigenvalue weighted by Gasteiger charge is 2.43. The summed E-state index contributed by atoms with van der Waals surface area (Å²) in [6.07, 6.45) is 8.67.